The monoisotopic (exact) mass is 323 g/mol. The number of hydrogen-bond donors (Lipinski definition) is 1. The Bertz CT molecular complexity index is 878. The highest BCUT2D eigenvalue weighted by molar-refractivity contribution is 6.08. The van der Waals surface area contributed by atoms with Crippen LogP contribution in [0.1, 0.15) is 16.7 Å². The zero-order chi connectivity index (χ0) is 16.9. The van der Waals surface area contributed by atoms with Gasteiger partial charge >= 0.3 is 6.03 Å². The lowest BCUT2D eigenvalue weighted by atomic mass is 9.78. The molecule has 1 unspecified atom stereocenters. The van der Waals surface area contributed by atoms with Gasteiger partial charge in [0.05, 0.1) is 4.92 Å². The predicted molar refractivity (Wildman–Crippen MR) is 84.0 cm³/mol. The standard InChI is InChI=1S/C17H13N3O4/c21-15-17(13-5-7-14(8-6-13)20(23)24)9-11-3-1-2-4-12(11)10-19(17)16(22)18-15/h1-8H,9-10H2,(H,18,21,22). The number of hydrogen-bond acceptors (Lipinski definition) is 4. The number of nitrogens with one attached hydrogen (secondary N) is 1. The maximum atomic E-state index is 12.7. The molecule has 3 amide bonds. The Morgan fingerprint density at radius 3 is 2.38 bits per heavy atom. The van der Waals surface area contributed by atoms with Crippen LogP contribution in [0.15, 0.2) is 48.5 Å². The molecule has 2 aliphatic rings. The largest absolute Gasteiger partial charge is 0.325 e. The minimum Gasteiger partial charge on any atom is -0.301 e. The summed E-state index contributed by atoms with van der Waals surface area (Å²) in [4.78, 5) is 36.8. The minimum atomic E-state index is -1.15. The fourth-order valence-electron chi connectivity index (χ4n) is 3.52. The molecule has 7 nitrogen and oxygen atoms in total. The molecule has 2 heterocycles. The average Bonchev–Trinajstić information content (AvgIpc) is 2.84. The third-order valence-corrected chi connectivity index (χ3v) is 4.75. The molecule has 1 N–H and O–H groups in total. The van der Waals surface area contributed by atoms with Crippen LogP contribution in [0.3, 0.4) is 0 Å². The van der Waals surface area contributed by atoms with Gasteiger partial charge in [-0.2, -0.15) is 0 Å². The van der Waals surface area contributed by atoms with Crippen molar-refractivity contribution in [1.82, 2.24) is 10.2 Å². The van der Waals surface area contributed by atoms with Crippen LogP contribution in [0.25, 0.3) is 0 Å². The van der Waals surface area contributed by atoms with Gasteiger partial charge in [-0.25, -0.2) is 4.79 Å². The number of rotatable bonds is 2. The molecule has 2 aromatic carbocycles. The molecule has 1 saturated heterocycles. The third-order valence-electron chi connectivity index (χ3n) is 4.75. The molecule has 0 radical (unpaired) electrons. The molecule has 0 spiro atoms. The second-order valence-electron chi connectivity index (χ2n) is 5.96. The first kappa shape index (κ1) is 14.4. The molecule has 2 aliphatic heterocycles. The lowest BCUT2D eigenvalue weighted by Crippen LogP contribution is -2.51. The number of nitro benzene ring substituents is 1. The van der Waals surface area contributed by atoms with Crippen molar-refractivity contribution in [3.63, 3.8) is 0 Å². The molecule has 4 rings (SSSR count). The number of urea groups is 1. The molecular formula is C17H13N3O4. The van der Waals surface area contributed by atoms with Crippen LogP contribution in [0, 0.1) is 10.1 Å². The van der Waals surface area contributed by atoms with Crippen molar-refractivity contribution >= 4 is 17.6 Å². The first-order valence-electron chi connectivity index (χ1n) is 7.47. The van der Waals surface area contributed by atoms with Gasteiger partial charge in [-0.05, 0) is 28.8 Å². The van der Waals surface area contributed by atoms with Crippen molar-refractivity contribution in [3.05, 3.63) is 75.3 Å². The van der Waals surface area contributed by atoms with Crippen LogP contribution < -0.4 is 5.32 Å². The number of amides is 3. The lowest BCUT2D eigenvalue weighted by molar-refractivity contribution is -0.384. The topological polar surface area (TPSA) is 92.5 Å². The van der Waals surface area contributed by atoms with Gasteiger partial charge in [0.15, 0.2) is 5.54 Å². The fraction of sp³-hybridized carbons (Fsp3) is 0.176. The van der Waals surface area contributed by atoms with E-state index in [0.717, 1.165) is 11.1 Å². The summed E-state index contributed by atoms with van der Waals surface area (Å²) < 4.78 is 0. The van der Waals surface area contributed by atoms with E-state index in [1.165, 1.54) is 17.0 Å². The number of carbonyl (C=O) groups excluding carboxylic acids is 2. The van der Waals surface area contributed by atoms with Crippen LogP contribution >= 0.6 is 0 Å². The quantitative estimate of drug-likeness (QED) is 0.520. The second kappa shape index (κ2) is 4.89. The molecule has 120 valence electrons. The number of imide groups is 1. The van der Waals surface area contributed by atoms with E-state index in [-0.39, 0.29) is 5.69 Å². The molecule has 0 bridgehead atoms. The number of benzene rings is 2. The zero-order valence-electron chi connectivity index (χ0n) is 12.6. The Morgan fingerprint density at radius 2 is 1.71 bits per heavy atom. The number of carbonyl (C=O) groups is 2. The van der Waals surface area contributed by atoms with E-state index in [4.69, 9.17) is 0 Å². The first-order valence-corrected chi connectivity index (χ1v) is 7.47. The Hall–Kier alpha value is -3.22. The Kier molecular flexibility index (Phi) is 2.93. The molecule has 0 aromatic heterocycles. The molecule has 0 aliphatic carbocycles. The zero-order valence-corrected chi connectivity index (χ0v) is 12.6. The highest BCUT2D eigenvalue weighted by Gasteiger charge is 2.56. The van der Waals surface area contributed by atoms with Gasteiger partial charge in [0.2, 0.25) is 0 Å². The van der Waals surface area contributed by atoms with Crippen molar-refractivity contribution in [1.29, 1.82) is 0 Å². The van der Waals surface area contributed by atoms with Crippen molar-refractivity contribution in [3.8, 4) is 0 Å². The Morgan fingerprint density at radius 1 is 1.04 bits per heavy atom. The minimum absolute atomic E-state index is 0.0531. The van der Waals surface area contributed by atoms with E-state index in [9.17, 15) is 19.7 Å². The molecule has 2 aromatic rings. The Labute approximate surface area is 137 Å². The van der Waals surface area contributed by atoms with Crippen molar-refractivity contribution < 1.29 is 14.5 Å². The van der Waals surface area contributed by atoms with Crippen LogP contribution in [0.5, 0.6) is 0 Å². The van der Waals surface area contributed by atoms with Gasteiger partial charge in [-0.1, -0.05) is 24.3 Å². The number of nitro groups is 1. The lowest BCUT2D eigenvalue weighted by Gasteiger charge is -2.40. The first-order chi connectivity index (χ1) is 11.5. The predicted octanol–water partition coefficient (Wildman–Crippen LogP) is 2.10. The highest BCUT2D eigenvalue weighted by Crippen LogP contribution is 2.42. The summed E-state index contributed by atoms with van der Waals surface area (Å²) in [6, 6.07) is 13.1. The van der Waals surface area contributed by atoms with Gasteiger partial charge in [-0.15, -0.1) is 0 Å². The maximum Gasteiger partial charge on any atom is 0.325 e. The molecule has 1 atom stereocenters. The maximum absolute atomic E-state index is 12.7. The molecule has 7 heteroatoms. The average molecular weight is 323 g/mol. The summed E-state index contributed by atoms with van der Waals surface area (Å²) in [7, 11) is 0. The molecule has 24 heavy (non-hydrogen) atoms. The summed E-state index contributed by atoms with van der Waals surface area (Å²) in [6.07, 6.45) is 0.346. The number of nitrogens with zero attached hydrogens (tertiary/aromatic N) is 2. The summed E-state index contributed by atoms with van der Waals surface area (Å²) >= 11 is 0. The van der Waals surface area contributed by atoms with Crippen molar-refractivity contribution in [2.24, 2.45) is 0 Å². The third kappa shape index (κ3) is 1.84. The summed E-state index contributed by atoms with van der Waals surface area (Å²) in [5, 5.41) is 13.2. The van der Waals surface area contributed by atoms with Crippen LogP contribution in [-0.2, 0) is 23.3 Å². The van der Waals surface area contributed by atoms with Crippen molar-refractivity contribution in [2.75, 3.05) is 0 Å². The normalized spacial score (nSPS) is 21.9. The van der Waals surface area contributed by atoms with Crippen LogP contribution in [0.2, 0.25) is 0 Å². The van der Waals surface area contributed by atoms with E-state index in [2.05, 4.69) is 5.32 Å². The second-order valence-corrected chi connectivity index (χ2v) is 5.96. The SMILES string of the molecule is O=C1NC(=O)C2(c3ccc([N+](=O)[O-])cc3)Cc3ccccc3CN12. The van der Waals surface area contributed by atoms with E-state index in [0.29, 0.717) is 18.5 Å². The van der Waals surface area contributed by atoms with E-state index in [1.54, 1.807) is 12.1 Å². The molecule has 1 fully saturated rings. The number of non-ortho nitro benzene ring substituents is 1. The summed E-state index contributed by atoms with van der Waals surface area (Å²) in [5.41, 5.74) is 1.37. The van der Waals surface area contributed by atoms with E-state index >= 15 is 0 Å². The fourth-order valence-corrected chi connectivity index (χ4v) is 3.52. The van der Waals surface area contributed by atoms with Crippen LogP contribution in [-0.4, -0.2) is 21.8 Å². The van der Waals surface area contributed by atoms with Gasteiger partial charge in [0.1, 0.15) is 0 Å². The van der Waals surface area contributed by atoms with Gasteiger partial charge < -0.3 is 4.90 Å². The number of fused-ring (bicyclic) bond motifs is 2. The highest BCUT2D eigenvalue weighted by atomic mass is 16.6. The molecular weight excluding hydrogens is 310 g/mol. The Balaban J connectivity index is 1.87. The van der Waals surface area contributed by atoms with E-state index < -0.39 is 22.4 Å². The van der Waals surface area contributed by atoms with Crippen LogP contribution in [0.4, 0.5) is 10.5 Å². The van der Waals surface area contributed by atoms with Crippen molar-refractivity contribution in [2.45, 2.75) is 18.5 Å². The summed E-state index contributed by atoms with van der Waals surface area (Å²) in [5.74, 6) is -0.393. The smallest absolute Gasteiger partial charge is 0.301 e. The van der Waals surface area contributed by atoms with Gasteiger partial charge in [0, 0.05) is 25.1 Å². The summed E-state index contributed by atoms with van der Waals surface area (Å²) in [6.45, 7) is 0.324. The van der Waals surface area contributed by atoms with E-state index in [1.807, 2.05) is 24.3 Å². The van der Waals surface area contributed by atoms with Gasteiger partial charge in [0.25, 0.3) is 11.6 Å². The molecule has 0 saturated carbocycles. The van der Waals surface area contributed by atoms with Gasteiger partial charge in [-0.3, -0.25) is 20.2 Å².